The normalized spacial score (nSPS) is 20.5. The van der Waals surface area contributed by atoms with E-state index in [1.165, 1.54) is 12.1 Å². The molecule has 118 valence electrons. The van der Waals surface area contributed by atoms with Gasteiger partial charge >= 0.3 is 0 Å². The Hall–Kier alpha value is -0.620. The fourth-order valence-corrected chi connectivity index (χ4v) is 3.29. The predicted octanol–water partition coefficient (Wildman–Crippen LogP) is 5.20. The van der Waals surface area contributed by atoms with Crippen LogP contribution < -0.4 is 5.32 Å². The Balaban J connectivity index is 2.30. The summed E-state index contributed by atoms with van der Waals surface area (Å²) in [6, 6.07) is 1.93. The van der Waals surface area contributed by atoms with Gasteiger partial charge in [-0.25, -0.2) is 17.6 Å². The number of nitrogens with one attached hydrogen (secondary N) is 1. The van der Waals surface area contributed by atoms with Crippen molar-refractivity contribution in [2.75, 3.05) is 6.54 Å². The molecule has 1 saturated carbocycles. The quantitative estimate of drug-likeness (QED) is 0.569. The molecule has 0 aromatic heterocycles. The van der Waals surface area contributed by atoms with E-state index in [1.54, 1.807) is 0 Å². The van der Waals surface area contributed by atoms with Crippen LogP contribution in [0.5, 0.6) is 0 Å². The van der Waals surface area contributed by atoms with Gasteiger partial charge in [0.15, 0.2) is 0 Å². The van der Waals surface area contributed by atoms with Crippen molar-refractivity contribution < 1.29 is 17.6 Å². The molecule has 1 aliphatic rings. The second kappa shape index (κ2) is 6.65. The van der Waals surface area contributed by atoms with Crippen molar-refractivity contribution in [3.63, 3.8) is 0 Å². The van der Waals surface area contributed by atoms with Crippen molar-refractivity contribution in [2.24, 2.45) is 5.92 Å². The highest BCUT2D eigenvalue weighted by molar-refractivity contribution is 9.10. The number of hydrogen-bond donors (Lipinski definition) is 1. The number of hydrogen-bond acceptors (Lipinski definition) is 1. The second-order valence-corrected chi connectivity index (χ2v) is 6.34. The van der Waals surface area contributed by atoms with E-state index in [4.69, 9.17) is 0 Å². The molecule has 2 rings (SSSR count). The average Bonchev–Trinajstić information content (AvgIpc) is 2.43. The minimum absolute atomic E-state index is 0.0542. The molecule has 0 spiro atoms. The molecule has 0 heterocycles. The van der Waals surface area contributed by atoms with Crippen LogP contribution in [0, 0.1) is 17.6 Å². The summed E-state index contributed by atoms with van der Waals surface area (Å²) in [5, 5.41) is 3.06. The van der Waals surface area contributed by atoms with Gasteiger partial charge in [0, 0.05) is 24.4 Å². The van der Waals surface area contributed by atoms with Gasteiger partial charge in [-0.1, -0.05) is 6.92 Å². The van der Waals surface area contributed by atoms with Crippen molar-refractivity contribution in [3.05, 3.63) is 33.8 Å². The zero-order chi connectivity index (χ0) is 15.6. The Morgan fingerprint density at radius 1 is 1.29 bits per heavy atom. The fraction of sp³-hybridized carbons (Fsp3) is 0.600. The summed E-state index contributed by atoms with van der Waals surface area (Å²) in [4.78, 5) is 0. The summed E-state index contributed by atoms with van der Waals surface area (Å²) in [7, 11) is 0. The first-order chi connectivity index (χ1) is 9.85. The highest BCUT2D eigenvalue weighted by Gasteiger charge is 2.39. The summed E-state index contributed by atoms with van der Waals surface area (Å²) < 4.78 is 55.1. The molecule has 0 bridgehead atoms. The second-order valence-electron chi connectivity index (χ2n) is 5.49. The molecular formula is C15H18BrF4N. The first-order valence-corrected chi connectivity index (χ1v) is 7.89. The minimum atomic E-state index is -2.65. The van der Waals surface area contributed by atoms with Crippen LogP contribution in [-0.4, -0.2) is 12.5 Å². The molecule has 0 radical (unpaired) electrons. The zero-order valence-corrected chi connectivity index (χ0v) is 13.3. The van der Waals surface area contributed by atoms with Gasteiger partial charge in [-0.15, -0.1) is 0 Å². The van der Waals surface area contributed by atoms with Crippen molar-refractivity contribution in [3.8, 4) is 0 Å². The third-order valence-corrected chi connectivity index (χ3v) is 4.66. The topological polar surface area (TPSA) is 12.0 Å². The van der Waals surface area contributed by atoms with Crippen molar-refractivity contribution in [2.45, 2.75) is 44.6 Å². The van der Waals surface area contributed by atoms with E-state index in [0.29, 0.717) is 6.54 Å². The van der Waals surface area contributed by atoms with Gasteiger partial charge in [-0.05, 0) is 53.4 Å². The lowest BCUT2D eigenvalue weighted by molar-refractivity contribution is -0.0499. The maximum Gasteiger partial charge on any atom is 0.248 e. The van der Waals surface area contributed by atoms with Crippen LogP contribution in [-0.2, 0) is 0 Å². The molecule has 1 unspecified atom stereocenters. The van der Waals surface area contributed by atoms with Crippen molar-refractivity contribution in [1.82, 2.24) is 5.32 Å². The highest BCUT2D eigenvalue weighted by atomic mass is 79.9. The van der Waals surface area contributed by atoms with E-state index < -0.39 is 23.6 Å². The number of benzene rings is 1. The molecule has 0 amide bonds. The van der Waals surface area contributed by atoms with Gasteiger partial charge in [0.05, 0.1) is 4.47 Å². The molecule has 1 atom stereocenters. The lowest BCUT2D eigenvalue weighted by atomic mass is 9.79. The molecule has 1 N–H and O–H groups in total. The Morgan fingerprint density at radius 2 is 1.90 bits per heavy atom. The third-order valence-electron chi connectivity index (χ3n) is 4.05. The molecule has 1 aromatic rings. The Bertz CT molecular complexity index is 497. The molecule has 1 aromatic carbocycles. The minimum Gasteiger partial charge on any atom is -0.310 e. The van der Waals surface area contributed by atoms with Gasteiger partial charge in [0.1, 0.15) is 11.6 Å². The van der Waals surface area contributed by atoms with Crippen LogP contribution in [0.25, 0.3) is 0 Å². The monoisotopic (exact) mass is 367 g/mol. The predicted molar refractivity (Wildman–Crippen MR) is 77.4 cm³/mol. The molecule has 21 heavy (non-hydrogen) atoms. The summed E-state index contributed by atoms with van der Waals surface area (Å²) >= 11 is 3.05. The van der Waals surface area contributed by atoms with Gasteiger partial charge in [-0.3, -0.25) is 0 Å². The van der Waals surface area contributed by atoms with Crippen LogP contribution >= 0.6 is 15.9 Å². The lowest BCUT2D eigenvalue weighted by Crippen LogP contribution is -2.35. The van der Waals surface area contributed by atoms with E-state index in [0.717, 1.165) is 0 Å². The summed E-state index contributed by atoms with van der Waals surface area (Å²) in [6.07, 6.45) is 0.0692. The van der Waals surface area contributed by atoms with E-state index in [-0.39, 0.29) is 41.6 Å². The van der Waals surface area contributed by atoms with Crippen molar-refractivity contribution in [1.29, 1.82) is 0 Å². The lowest BCUT2D eigenvalue weighted by Gasteiger charge is -2.34. The molecule has 1 aliphatic carbocycles. The van der Waals surface area contributed by atoms with Gasteiger partial charge in [0.2, 0.25) is 5.92 Å². The van der Waals surface area contributed by atoms with E-state index >= 15 is 0 Å². The van der Waals surface area contributed by atoms with E-state index in [9.17, 15) is 17.6 Å². The fourth-order valence-electron chi connectivity index (χ4n) is 2.95. The summed E-state index contributed by atoms with van der Waals surface area (Å²) in [5.41, 5.74) is -0.0542. The number of rotatable bonds is 4. The molecule has 0 saturated heterocycles. The van der Waals surface area contributed by atoms with Gasteiger partial charge in [0.25, 0.3) is 0 Å². The largest absolute Gasteiger partial charge is 0.310 e. The van der Waals surface area contributed by atoms with Crippen LogP contribution in [0.2, 0.25) is 0 Å². The van der Waals surface area contributed by atoms with Crippen LogP contribution in [0.3, 0.4) is 0 Å². The Labute approximate surface area is 130 Å². The maximum atomic E-state index is 14.3. The standard InChI is InChI=1S/C15H18BrF4N/c1-2-21-14(9-5-7-15(19,20)8-6-9)12-11(17)4-3-10(16)13(12)18/h3-4,9,14,21H,2,5-8H2,1H3. The van der Waals surface area contributed by atoms with E-state index in [1.807, 2.05) is 6.92 Å². The Morgan fingerprint density at radius 3 is 2.48 bits per heavy atom. The average molecular weight is 368 g/mol. The SMILES string of the molecule is CCNC(c1c(F)ccc(Br)c1F)C1CCC(F)(F)CC1. The summed E-state index contributed by atoms with van der Waals surface area (Å²) in [6.45, 7) is 2.35. The van der Waals surface area contributed by atoms with Crippen molar-refractivity contribution >= 4 is 15.9 Å². The molecule has 6 heteroatoms. The van der Waals surface area contributed by atoms with Gasteiger partial charge in [-0.2, -0.15) is 0 Å². The first kappa shape index (κ1) is 16.7. The maximum absolute atomic E-state index is 14.3. The highest BCUT2D eigenvalue weighted by Crippen LogP contribution is 2.42. The van der Waals surface area contributed by atoms with Crippen LogP contribution in [0.15, 0.2) is 16.6 Å². The molecular weight excluding hydrogens is 350 g/mol. The van der Waals surface area contributed by atoms with Crippen LogP contribution in [0.4, 0.5) is 17.6 Å². The Kier molecular flexibility index (Phi) is 5.30. The number of halogens is 5. The smallest absolute Gasteiger partial charge is 0.248 e. The zero-order valence-electron chi connectivity index (χ0n) is 11.7. The molecule has 1 fully saturated rings. The number of alkyl halides is 2. The van der Waals surface area contributed by atoms with E-state index in [2.05, 4.69) is 21.2 Å². The third kappa shape index (κ3) is 3.77. The molecule has 1 nitrogen and oxygen atoms in total. The summed E-state index contributed by atoms with van der Waals surface area (Å²) in [5.74, 6) is -4.14. The van der Waals surface area contributed by atoms with Crippen LogP contribution in [0.1, 0.15) is 44.2 Å². The first-order valence-electron chi connectivity index (χ1n) is 7.10. The van der Waals surface area contributed by atoms with Gasteiger partial charge < -0.3 is 5.32 Å². The molecule has 0 aliphatic heterocycles.